The summed E-state index contributed by atoms with van der Waals surface area (Å²) in [5.41, 5.74) is 0. The average Bonchev–Trinajstić information content (AvgIpc) is 3.35. The van der Waals surface area contributed by atoms with Gasteiger partial charge in [0, 0.05) is 32.2 Å². The fourth-order valence-corrected chi connectivity index (χ4v) is 5.95. The first-order valence-electron chi connectivity index (χ1n) is 9.71. The van der Waals surface area contributed by atoms with Gasteiger partial charge in [0.2, 0.25) is 0 Å². The second kappa shape index (κ2) is 5.62. The van der Waals surface area contributed by atoms with E-state index in [1.54, 1.807) is 0 Å². The molecule has 128 valence electrons. The normalized spacial score (nSPS) is 45.8. The van der Waals surface area contributed by atoms with Crippen LogP contribution in [0.1, 0.15) is 44.9 Å². The molecule has 5 aliphatic rings. The summed E-state index contributed by atoms with van der Waals surface area (Å²) >= 11 is 0. The second-order valence-corrected chi connectivity index (χ2v) is 8.43. The molecule has 6 atom stereocenters. The van der Waals surface area contributed by atoms with E-state index in [-0.39, 0.29) is 18.2 Å². The topological polar surface area (TPSA) is 44.8 Å². The highest BCUT2D eigenvalue weighted by molar-refractivity contribution is 5.74. The van der Waals surface area contributed by atoms with Crippen molar-refractivity contribution in [2.75, 3.05) is 26.2 Å². The fraction of sp³-hybridized carbons (Fsp3) is 0.944. The molecule has 3 heterocycles. The Hall–Kier alpha value is -0.810. The van der Waals surface area contributed by atoms with Crippen molar-refractivity contribution < 1.29 is 9.53 Å². The van der Waals surface area contributed by atoms with Gasteiger partial charge >= 0.3 is 6.03 Å². The second-order valence-electron chi connectivity index (χ2n) is 8.43. The van der Waals surface area contributed by atoms with Crippen molar-refractivity contribution in [3.63, 3.8) is 0 Å². The van der Waals surface area contributed by atoms with E-state index in [4.69, 9.17) is 4.74 Å². The third-order valence-electron chi connectivity index (χ3n) is 7.19. The van der Waals surface area contributed by atoms with E-state index < -0.39 is 0 Å². The maximum atomic E-state index is 12.5. The van der Waals surface area contributed by atoms with Gasteiger partial charge < -0.3 is 15.0 Å². The van der Waals surface area contributed by atoms with Crippen LogP contribution in [0, 0.1) is 11.8 Å². The number of carbonyl (C=O) groups excluding carboxylic acids is 1. The maximum absolute atomic E-state index is 12.5. The largest absolute Gasteiger partial charge is 0.373 e. The summed E-state index contributed by atoms with van der Waals surface area (Å²) in [5, 5.41) is 3.23. The first kappa shape index (κ1) is 14.5. The van der Waals surface area contributed by atoms with Crippen molar-refractivity contribution in [3.8, 4) is 0 Å². The third-order valence-corrected chi connectivity index (χ3v) is 7.19. The van der Waals surface area contributed by atoms with Gasteiger partial charge in [0.05, 0.1) is 18.2 Å². The summed E-state index contributed by atoms with van der Waals surface area (Å²) < 4.78 is 5.84. The van der Waals surface area contributed by atoms with Gasteiger partial charge in [-0.05, 0) is 50.4 Å². The lowest BCUT2D eigenvalue weighted by molar-refractivity contribution is 0.0783. The molecule has 0 aromatic rings. The number of rotatable bonds is 2. The quantitative estimate of drug-likeness (QED) is 0.844. The van der Waals surface area contributed by atoms with E-state index in [1.807, 2.05) is 4.90 Å². The van der Waals surface area contributed by atoms with Crippen molar-refractivity contribution in [1.82, 2.24) is 15.1 Å². The minimum atomic E-state index is 0.138. The Morgan fingerprint density at radius 3 is 2.43 bits per heavy atom. The van der Waals surface area contributed by atoms with E-state index in [9.17, 15) is 4.79 Å². The van der Waals surface area contributed by atoms with Crippen LogP contribution < -0.4 is 5.32 Å². The minimum absolute atomic E-state index is 0.138. The van der Waals surface area contributed by atoms with Crippen molar-refractivity contribution in [3.05, 3.63) is 0 Å². The lowest BCUT2D eigenvalue weighted by atomic mass is 9.93. The molecule has 5 heteroatoms. The molecule has 4 bridgehead atoms. The molecule has 5 nitrogen and oxygen atoms in total. The summed E-state index contributed by atoms with van der Waals surface area (Å²) in [7, 11) is 0. The van der Waals surface area contributed by atoms with Crippen LogP contribution in [0.15, 0.2) is 0 Å². The van der Waals surface area contributed by atoms with E-state index in [1.165, 1.54) is 32.1 Å². The Balaban J connectivity index is 1.12. The fourth-order valence-electron chi connectivity index (χ4n) is 5.95. The number of piperazine rings is 1. The Morgan fingerprint density at radius 2 is 1.83 bits per heavy atom. The van der Waals surface area contributed by atoms with E-state index in [0.717, 1.165) is 56.9 Å². The Kier molecular flexibility index (Phi) is 3.55. The zero-order valence-electron chi connectivity index (χ0n) is 14.0. The smallest absolute Gasteiger partial charge is 0.317 e. The van der Waals surface area contributed by atoms with Crippen molar-refractivity contribution in [1.29, 1.82) is 0 Å². The molecule has 0 unspecified atom stereocenters. The molecule has 3 aliphatic heterocycles. The summed E-state index contributed by atoms with van der Waals surface area (Å²) in [6, 6.07) is 1.21. The van der Waals surface area contributed by atoms with E-state index in [2.05, 4.69) is 10.2 Å². The number of carbonyl (C=O) groups is 1. The lowest BCUT2D eigenvalue weighted by Gasteiger charge is -2.41. The van der Waals surface area contributed by atoms with Gasteiger partial charge in [-0.3, -0.25) is 4.90 Å². The number of nitrogens with zero attached hydrogens (tertiary/aromatic N) is 2. The van der Waals surface area contributed by atoms with Gasteiger partial charge in [-0.15, -0.1) is 0 Å². The molecule has 5 fully saturated rings. The van der Waals surface area contributed by atoms with Crippen LogP contribution in [0.25, 0.3) is 0 Å². The predicted molar refractivity (Wildman–Crippen MR) is 87.2 cm³/mol. The lowest BCUT2D eigenvalue weighted by Crippen LogP contribution is -2.56. The minimum Gasteiger partial charge on any atom is -0.373 e. The first-order chi connectivity index (χ1) is 11.3. The van der Waals surface area contributed by atoms with Gasteiger partial charge in [-0.25, -0.2) is 4.79 Å². The molecule has 0 aromatic heterocycles. The number of amides is 2. The number of ether oxygens (including phenoxy) is 1. The molecule has 2 aliphatic carbocycles. The standard InChI is InChI=1S/C18H29N3O2/c22-18(19-15-11-14-3-4-17(15)23-14)21-7-5-20(6-8-21)16-10-12-1-2-13(16)9-12/h12-17H,1-11H2,(H,19,22)/t12-,13-,14+,15-,16+,17+/m0/s1. The molecular formula is C18H29N3O2. The van der Waals surface area contributed by atoms with Crippen LogP contribution in [0.3, 0.4) is 0 Å². The molecule has 2 saturated carbocycles. The monoisotopic (exact) mass is 319 g/mol. The summed E-state index contributed by atoms with van der Waals surface area (Å²) in [5.74, 6) is 1.95. The van der Waals surface area contributed by atoms with Gasteiger partial charge in [0.25, 0.3) is 0 Å². The van der Waals surface area contributed by atoms with Crippen molar-refractivity contribution >= 4 is 6.03 Å². The summed E-state index contributed by atoms with van der Waals surface area (Å²) in [4.78, 5) is 17.2. The number of hydrogen-bond acceptors (Lipinski definition) is 3. The molecule has 0 aromatic carbocycles. The molecule has 2 amide bonds. The Morgan fingerprint density at radius 1 is 0.957 bits per heavy atom. The van der Waals surface area contributed by atoms with Gasteiger partial charge in [-0.1, -0.05) is 6.42 Å². The molecule has 23 heavy (non-hydrogen) atoms. The van der Waals surface area contributed by atoms with Gasteiger partial charge in [0.15, 0.2) is 0 Å². The van der Waals surface area contributed by atoms with Crippen molar-refractivity contribution in [2.45, 2.75) is 69.2 Å². The van der Waals surface area contributed by atoms with E-state index in [0.29, 0.717) is 6.10 Å². The highest BCUT2D eigenvalue weighted by Gasteiger charge is 2.44. The predicted octanol–water partition coefficient (Wildman–Crippen LogP) is 1.82. The van der Waals surface area contributed by atoms with Crippen LogP contribution in [0.5, 0.6) is 0 Å². The molecular weight excluding hydrogens is 290 g/mol. The highest BCUT2D eigenvalue weighted by atomic mass is 16.5. The number of hydrogen-bond donors (Lipinski definition) is 1. The summed E-state index contributed by atoms with van der Waals surface area (Å²) in [6.45, 7) is 3.91. The van der Waals surface area contributed by atoms with E-state index >= 15 is 0 Å². The SMILES string of the molecule is O=C(N[C@H]1C[C@H]2CC[C@H]1O2)N1CCN([C@@H]2C[C@H]3CC[C@H]2C3)CC1. The number of urea groups is 1. The molecule has 0 spiro atoms. The van der Waals surface area contributed by atoms with Crippen molar-refractivity contribution in [2.24, 2.45) is 11.8 Å². The van der Waals surface area contributed by atoms with Gasteiger partial charge in [0.1, 0.15) is 0 Å². The molecule has 0 radical (unpaired) electrons. The third kappa shape index (κ3) is 2.56. The van der Waals surface area contributed by atoms with Crippen LogP contribution in [-0.4, -0.2) is 66.3 Å². The average molecular weight is 319 g/mol. The summed E-state index contributed by atoms with van der Waals surface area (Å²) in [6.07, 6.45) is 9.79. The number of nitrogens with one attached hydrogen (secondary N) is 1. The zero-order valence-corrected chi connectivity index (χ0v) is 14.0. The maximum Gasteiger partial charge on any atom is 0.317 e. The van der Waals surface area contributed by atoms with Crippen LogP contribution in [-0.2, 0) is 4.74 Å². The van der Waals surface area contributed by atoms with Crippen LogP contribution >= 0.6 is 0 Å². The Bertz CT molecular complexity index is 477. The zero-order chi connectivity index (χ0) is 15.4. The first-order valence-corrected chi connectivity index (χ1v) is 9.71. The van der Waals surface area contributed by atoms with Gasteiger partial charge in [-0.2, -0.15) is 0 Å². The van der Waals surface area contributed by atoms with Crippen LogP contribution in [0.2, 0.25) is 0 Å². The number of fused-ring (bicyclic) bond motifs is 4. The molecule has 5 rings (SSSR count). The Labute approximate surface area is 138 Å². The van der Waals surface area contributed by atoms with Crippen LogP contribution in [0.4, 0.5) is 4.79 Å². The molecule has 3 saturated heterocycles. The highest BCUT2D eigenvalue weighted by Crippen LogP contribution is 2.46. The molecule has 1 N–H and O–H groups in total.